The molecular formula is C16H25NO2. The molecule has 1 aromatic rings. The Morgan fingerprint density at radius 2 is 2.05 bits per heavy atom. The average molecular weight is 263 g/mol. The van der Waals surface area contributed by atoms with E-state index in [2.05, 4.69) is 24.4 Å². The second-order valence-corrected chi connectivity index (χ2v) is 5.39. The summed E-state index contributed by atoms with van der Waals surface area (Å²) in [5.74, 6) is 0.839. The van der Waals surface area contributed by atoms with Gasteiger partial charge in [0.2, 0.25) is 0 Å². The van der Waals surface area contributed by atoms with Crippen molar-refractivity contribution in [3.8, 4) is 5.75 Å². The molecular weight excluding hydrogens is 238 g/mol. The molecule has 0 spiro atoms. The number of benzene rings is 1. The molecule has 3 nitrogen and oxygen atoms in total. The molecule has 0 saturated heterocycles. The number of hydrogen-bond donors (Lipinski definition) is 2. The Morgan fingerprint density at radius 1 is 1.32 bits per heavy atom. The third-order valence-electron chi connectivity index (χ3n) is 3.40. The van der Waals surface area contributed by atoms with E-state index in [1.54, 1.807) is 0 Å². The van der Waals surface area contributed by atoms with Crippen molar-refractivity contribution in [1.29, 1.82) is 0 Å². The first-order valence-electron chi connectivity index (χ1n) is 7.41. The van der Waals surface area contributed by atoms with Crippen LogP contribution in [-0.2, 0) is 6.42 Å². The zero-order chi connectivity index (χ0) is 13.5. The highest BCUT2D eigenvalue weighted by Gasteiger charge is 2.21. The van der Waals surface area contributed by atoms with Crippen molar-refractivity contribution in [3.05, 3.63) is 29.8 Å². The van der Waals surface area contributed by atoms with Gasteiger partial charge in [0.15, 0.2) is 0 Å². The van der Waals surface area contributed by atoms with Crippen LogP contribution < -0.4 is 10.1 Å². The second-order valence-electron chi connectivity index (χ2n) is 5.39. The number of ether oxygens (including phenoxy) is 1. The number of hydrogen-bond acceptors (Lipinski definition) is 3. The molecule has 1 saturated carbocycles. The van der Waals surface area contributed by atoms with E-state index in [-0.39, 0.29) is 0 Å². The molecule has 0 bridgehead atoms. The smallest absolute Gasteiger partial charge is 0.119 e. The van der Waals surface area contributed by atoms with Gasteiger partial charge in [-0.25, -0.2) is 0 Å². The molecule has 1 fully saturated rings. The van der Waals surface area contributed by atoms with Crippen LogP contribution in [0.15, 0.2) is 24.3 Å². The minimum Gasteiger partial charge on any atom is -0.491 e. The lowest BCUT2D eigenvalue weighted by Crippen LogP contribution is -2.32. The summed E-state index contributed by atoms with van der Waals surface area (Å²) in [7, 11) is 0. The van der Waals surface area contributed by atoms with Gasteiger partial charge in [-0.05, 0) is 43.4 Å². The molecule has 2 rings (SSSR count). The van der Waals surface area contributed by atoms with Gasteiger partial charge in [-0.1, -0.05) is 25.5 Å². The fraction of sp³-hybridized carbons (Fsp3) is 0.625. The van der Waals surface area contributed by atoms with E-state index < -0.39 is 6.10 Å². The van der Waals surface area contributed by atoms with Gasteiger partial charge in [0.25, 0.3) is 0 Å². The highest BCUT2D eigenvalue weighted by Crippen LogP contribution is 2.18. The maximum absolute atomic E-state index is 9.77. The van der Waals surface area contributed by atoms with Gasteiger partial charge in [0.05, 0.1) is 0 Å². The van der Waals surface area contributed by atoms with Crippen LogP contribution in [0.5, 0.6) is 5.75 Å². The minimum atomic E-state index is -0.430. The Labute approximate surface area is 116 Å². The number of aliphatic hydroxyl groups is 1. The van der Waals surface area contributed by atoms with Crippen LogP contribution >= 0.6 is 0 Å². The summed E-state index contributed by atoms with van der Waals surface area (Å²) in [5.41, 5.74) is 1.35. The summed E-state index contributed by atoms with van der Waals surface area (Å²) >= 11 is 0. The van der Waals surface area contributed by atoms with E-state index in [4.69, 9.17) is 4.74 Å². The highest BCUT2D eigenvalue weighted by atomic mass is 16.5. The number of aliphatic hydroxyl groups excluding tert-OH is 1. The van der Waals surface area contributed by atoms with Crippen LogP contribution in [0, 0.1) is 0 Å². The molecule has 1 atom stereocenters. The summed E-state index contributed by atoms with van der Waals surface area (Å²) in [6.45, 7) is 3.18. The van der Waals surface area contributed by atoms with Gasteiger partial charge in [-0.15, -0.1) is 0 Å². The Kier molecular flexibility index (Phi) is 5.67. The number of unbranched alkanes of at least 4 members (excludes halogenated alkanes) is 1. The highest BCUT2D eigenvalue weighted by molar-refractivity contribution is 5.27. The fourth-order valence-electron chi connectivity index (χ4n) is 1.97. The minimum absolute atomic E-state index is 0.355. The monoisotopic (exact) mass is 263 g/mol. The van der Waals surface area contributed by atoms with E-state index in [1.807, 2.05) is 12.1 Å². The van der Waals surface area contributed by atoms with Gasteiger partial charge in [0.1, 0.15) is 18.5 Å². The number of aryl methyl sites for hydroxylation is 1. The zero-order valence-electron chi connectivity index (χ0n) is 11.8. The Hall–Kier alpha value is -1.06. The zero-order valence-corrected chi connectivity index (χ0v) is 11.8. The molecule has 3 heteroatoms. The lowest BCUT2D eigenvalue weighted by molar-refractivity contribution is 0.106. The van der Waals surface area contributed by atoms with Gasteiger partial charge in [-0.3, -0.25) is 0 Å². The van der Waals surface area contributed by atoms with Gasteiger partial charge >= 0.3 is 0 Å². The predicted octanol–water partition coefficient (Wildman–Crippen LogP) is 2.52. The fourth-order valence-corrected chi connectivity index (χ4v) is 1.97. The molecule has 1 aromatic carbocycles. The van der Waals surface area contributed by atoms with Crippen molar-refractivity contribution in [2.24, 2.45) is 0 Å². The second kappa shape index (κ2) is 7.51. The van der Waals surface area contributed by atoms with Crippen molar-refractivity contribution >= 4 is 0 Å². The van der Waals surface area contributed by atoms with Gasteiger partial charge < -0.3 is 15.2 Å². The lowest BCUT2D eigenvalue weighted by Gasteiger charge is -2.13. The molecule has 19 heavy (non-hydrogen) atoms. The van der Waals surface area contributed by atoms with Crippen LogP contribution in [0.3, 0.4) is 0 Å². The molecule has 0 heterocycles. The van der Waals surface area contributed by atoms with Crippen molar-refractivity contribution in [2.75, 3.05) is 13.2 Å². The molecule has 2 N–H and O–H groups in total. The van der Waals surface area contributed by atoms with E-state index in [9.17, 15) is 5.11 Å². The predicted molar refractivity (Wildman–Crippen MR) is 77.6 cm³/mol. The van der Waals surface area contributed by atoms with E-state index in [0.29, 0.717) is 19.2 Å². The number of rotatable bonds is 9. The molecule has 0 radical (unpaired) electrons. The Bertz CT molecular complexity index is 360. The first-order valence-corrected chi connectivity index (χ1v) is 7.41. The maximum Gasteiger partial charge on any atom is 0.119 e. The van der Waals surface area contributed by atoms with E-state index in [0.717, 1.165) is 12.2 Å². The van der Waals surface area contributed by atoms with Gasteiger partial charge in [-0.2, -0.15) is 0 Å². The SMILES string of the molecule is CCCCc1ccc(OCC(O)CNC2CC2)cc1. The summed E-state index contributed by atoms with van der Waals surface area (Å²) in [4.78, 5) is 0. The third kappa shape index (κ3) is 5.62. The van der Waals surface area contributed by atoms with E-state index >= 15 is 0 Å². The van der Waals surface area contributed by atoms with Crippen molar-refractivity contribution in [1.82, 2.24) is 5.32 Å². The summed E-state index contributed by atoms with van der Waals surface area (Å²) in [6.07, 6.45) is 5.63. The molecule has 1 aliphatic rings. The van der Waals surface area contributed by atoms with E-state index in [1.165, 1.54) is 31.2 Å². The van der Waals surface area contributed by atoms with Crippen LogP contribution in [0.1, 0.15) is 38.2 Å². The first kappa shape index (κ1) is 14.4. The van der Waals surface area contributed by atoms with Crippen LogP contribution in [0.4, 0.5) is 0 Å². The summed E-state index contributed by atoms with van der Waals surface area (Å²) < 4.78 is 5.59. The number of nitrogens with one attached hydrogen (secondary N) is 1. The Morgan fingerprint density at radius 3 is 2.68 bits per heavy atom. The quantitative estimate of drug-likeness (QED) is 0.719. The molecule has 0 aliphatic heterocycles. The van der Waals surface area contributed by atoms with Gasteiger partial charge in [0, 0.05) is 12.6 Å². The topological polar surface area (TPSA) is 41.5 Å². The molecule has 0 amide bonds. The van der Waals surface area contributed by atoms with Crippen LogP contribution in [0.2, 0.25) is 0 Å². The third-order valence-corrected chi connectivity index (χ3v) is 3.40. The molecule has 1 aliphatic carbocycles. The molecule has 106 valence electrons. The van der Waals surface area contributed by atoms with Crippen LogP contribution in [0.25, 0.3) is 0 Å². The summed E-state index contributed by atoms with van der Waals surface area (Å²) in [5, 5.41) is 13.1. The largest absolute Gasteiger partial charge is 0.491 e. The molecule has 1 unspecified atom stereocenters. The van der Waals surface area contributed by atoms with Crippen molar-refractivity contribution in [2.45, 2.75) is 51.2 Å². The van der Waals surface area contributed by atoms with Crippen molar-refractivity contribution in [3.63, 3.8) is 0 Å². The maximum atomic E-state index is 9.77. The molecule has 0 aromatic heterocycles. The average Bonchev–Trinajstić information content (AvgIpc) is 3.26. The first-order chi connectivity index (χ1) is 9.28. The summed E-state index contributed by atoms with van der Waals surface area (Å²) in [6, 6.07) is 8.84. The normalized spacial score (nSPS) is 16.3. The lowest BCUT2D eigenvalue weighted by atomic mass is 10.1. The Balaban J connectivity index is 1.66. The van der Waals surface area contributed by atoms with Crippen LogP contribution in [-0.4, -0.2) is 30.4 Å². The van der Waals surface area contributed by atoms with Crippen molar-refractivity contribution < 1.29 is 9.84 Å². The standard InChI is InChI=1S/C16H25NO2/c1-2-3-4-13-5-9-16(10-6-13)19-12-15(18)11-17-14-7-8-14/h5-6,9-10,14-15,17-18H,2-4,7-8,11-12H2,1H3.